The van der Waals surface area contributed by atoms with Crippen molar-refractivity contribution < 1.29 is 8.94 Å². The van der Waals surface area contributed by atoms with Crippen molar-refractivity contribution in [2.45, 2.75) is 0 Å². The number of rotatable bonds is 1. The molecular formula is C7H4Br2N2O2. The van der Waals surface area contributed by atoms with Crippen LogP contribution in [-0.2, 0) is 0 Å². The van der Waals surface area contributed by atoms with Crippen LogP contribution in [0.4, 0.5) is 5.82 Å². The molecule has 2 heterocycles. The molecule has 0 bridgehead atoms. The van der Waals surface area contributed by atoms with Crippen molar-refractivity contribution in [3.63, 3.8) is 0 Å². The van der Waals surface area contributed by atoms with Crippen molar-refractivity contribution in [1.82, 2.24) is 5.16 Å². The molecule has 0 radical (unpaired) electrons. The van der Waals surface area contributed by atoms with Gasteiger partial charge < -0.3 is 14.7 Å². The van der Waals surface area contributed by atoms with E-state index >= 15 is 0 Å². The lowest BCUT2D eigenvalue weighted by Crippen LogP contribution is -1.83. The predicted octanol–water partition coefficient (Wildman–Crippen LogP) is 3.04. The molecular weight excluding hydrogens is 304 g/mol. The molecule has 0 amide bonds. The Morgan fingerprint density at radius 1 is 1.38 bits per heavy atom. The second kappa shape index (κ2) is 3.19. The molecule has 68 valence electrons. The predicted molar refractivity (Wildman–Crippen MR) is 54.0 cm³/mol. The highest BCUT2D eigenvalue weighted by atomic mass is 79.9. The summed E-state index contributed by atoms with van der Waals surface area (Å²) in [7, 11) is 0. The molecule has 6 heteroatoms. The van der Waals surface area contributed by atoms with E-state index in [0.717, 1.165) is 5.56 Å². The summed E-state index contributed by atoms with van der Waals surface area (Å²) in [5, 5.41) is 3.61. The summed E-state index contributed by atoms with van der Waals surface area (Å²) in [6, 6.07) is 1.76. The quantitative estimate of drug-likeness (QED) is 0.879. The first-order valence-corrected chi connectivity index (χ1v) is 4.92. The van der Waals surface area contributed by atoms with Gasteiger partial charge >= 0.3 is 0 Å². The maximum atomic E-state index is 5.50. The molecule has 13 heavy (non-hydrogen) atoms. The molecule has 2 aromatic rings. The Bertz CT molecular complexity index is 435. The third kappa shape index (κ3) is 1.40. The Labute approximate surface area is 90.3 Å². The molecule has 0 saturated carbocycles. The maximum absolute atomic E-state index is 5.50. The zero-order chi connectivity index (χ0) is 9.42. The third-order valence-electron chi connectivity index (χ3n) is 1.52. The maximum Gasteiger partial charge on any atom is 0.187 e. The van der Waals surface area contributed by atoms with E-state index in [1.807, 2.05) is 0 Å². The number of nitrogen functional groups attached to an aromatic ring is 1. The van der Waals surface area contributed by atoms with Gasteiger partial charge in [-0.25, -0.2) is 0 Å². The minimum Gasteiger partial charge on any atom is -0.457 e. The van der Waals surface area contributed by atoms with Crippen LogP contribution in [0.1, 0.15) is 0 Å². The molecule has 0 fully saturated rings. The lowest BCUT2D eigenvalue weighted by molar-refractivity contribution is 0.434. The number of furan rings is 1. The van der Waals surface area contributed by atoms with Gasteiger partial charge in [0.25, 0.3) is 0 Å². The Hall–Kier alpha value is -0.750. The van der Waals surface area contributed by atoms with Crippen LogP contribution in [0, 0.1) is 0 Å². The van der Waals surface area contributed by atoms with Crippen molar-refractivity contribution >= 4 is 37.7 Å². The Morgan fingerprint density at radius 3 is 2.62 bits per heavy atom. The van der Waals surface area contributed by atoms with E-state index in [1.54, 1.807) is 12.3 Å². The first-order valence-electron chi connectivity index (χ1n) is 3.34. The van der Waals surface area contributed by atoms with Crippen molar-refractivity contribution in [3.05, 3.63) is 21.5 Å². The SMILES string of the molecule is Nc1noc(-c2ccoc2Br)c1Br. The van der Waals surface area contributed by atoms with E-state index in [2.05, 4.69) is 37.0 Å². The van der Waals surface area contributed by atoms with Gasteiger partial charge in [-0.2, -0.15) is 0 Å². The average molecular weight is 308 g/mol. The number of nitrogens with zero attached hydrogens (tertiary/aromatic N) is 1. The van der Waals surface area contributed by atoms with E-state index < -0.39 is 0 Å². The number of anilines is 1. The van der Waals surface area contributed by atoms with Gasteiger partial charge in [0.2, 0.25) is 0 Å². The van der Waals surface area contributed by atoms with Gasteiger partial charge in [-0.15, -0.1) is 0 Å². The van der Waals surface area contributed by atoms with E-state index in [-0.39, 0.29) is 0 Å². The first kappa shape index (κ1) is 8.83. The van der Waals surface area contributed by atoms with Crippen molar-refractivity contribution in [2.75, 3.05) is 5.73 Å². The summed E-state index contributed by atoms with van der Waals surface area (Å²) in [6.07, 6.45) is 1.55. The molecule has 4 nitrogen and oxygen atoms in total. The molecule has 0 atom stereocenters. The van der Waals surface area contributed by atoms with Crippen LogP contribution < -0.4 is 5.73 Å². The summed E-state index contributed by atoms with van der Waals surface area (Å²) in [5.41, 5.74) is 6.27. The van der Waals surface area contributed by atoms with Crippen molar-refractivity contribution in [3.8, 4) is 11.3 Å². The molecule has 0 saturated heterocycles. The van der Waals surface area contributed by atoms with Gasteiger partial charge in [0.1, 0.15) is 4.47 Å². The van der Waals surface area contributed by atoms with Gasteiger partial charge in [0.15, 0.2) is 16.2 Å². The van der Waals surface area contributed by atoms with E-state index in [1.165, 1.54) is 0 Å². The van der Waals surface area contributed by atoms with Gasteiger partial charge in [-0.05, 0) is 37.9 Å². The summed E-state index contributed by atoms with van der Waals surface area (Å²) in [5.74, 6) is 0.876. The van der Waals surface area contributed by atoms with E-state index in [9.17, 15) is 0 Å². The van der Waals surface area contributed by atoms with E-state index in [4.69, 9.17) is 14.7 Å². The van der Waals surface area contributed by atoms with Crippen LogP contribution in [-0.4, -0.2) is 5.16 Å². The zero-order valence-corrected chi connectivity index (χ0v) is 9.42. The fourth-order valence-electron chi connectivity index (χ4n) is 0.914. The van der Waals surface area contributed by atoms with Crippen LogP contribution in [0.3, 0.4) is 0 Å². The van der Waals surface area contributed by atoms with Crippen LogP contribution in [0.5, 0.6) is 0 Å². The number of aromatic nitrogens is 1. The average Bonchev–Trinajstić information content (AvgIpc) is 2.62. The molecule has 2 rings (SSSR count). The van der Waals surface area contributed by atoms with Crippen LogP contribution >= 0.6 is 31.9 Å². The zero-order valence-electron chi connectivity index (χ0n) is 6.25. The highest BCUT2D eigenvalue weighted by Gasteiger charge is 2.17. The molecule has 0 spiro atoms. The molecule has 0 aliphatic rings. The molecule has 2 aromatic heterocycles. The topological polar surface area (TPSA) is 65.2 Å². The summed E-state index contributed by atoms with van der Waals surface area (Å²) in [6.45, 7) is 0. The summed E-state index contributed by atoms with van der Waals surface area (Å²) >= 11 is 6.49. The van der Waals surface area contributed by atoms with Gasteiger partial charge in [-0.3, -0.25) is 0 Å². The Kier molecular flexibility index (Phi) is 2.17. The monoisotopic (exact) mass is 306 g/mol. The lowest BCUT2D eigenvalue weighted by atomic mass is 10.3. The third-order valence-corrected chi connectivity index (χ3v) is 2.90. The highest BCUT2D eigenvalue weighted by molar-refractivity contribution is 9.11. The Morgan fingerprint density at radius 2 is 2.15 bits per heavy atom. The van der Waals surface area contributed by atoms with Crippen molar-refractivity contribution in [2.24, 2.45) is 0 Å². The number of nitrogens with two attached hydrogens (primary N) is 1. The first-order chi connectivity index (χ1) is 6.20. The number of halogens is 2. The van der Waals surface area contributed by atoms with E-state index in [0.29, 0.717) is 20.7 Å². The van der Waals surface area contributed by atoms with Crippen LogP contribution in [0.2, 0.25) is 0 Å². The molecule has 0 unspecified atom stereocenters. The standard InChI is InChI=1S/C7H4Br2N2O2/c8-4-5(13-11-7(4)10)3-1-2-12-6(3)9/h1-2H,(H2,10,11). The van der Waals surface area contributed by atoms with Gasteiger partial charge in [-0.1, -0.05) is 5.16 Å². The number of hydrogen-bond acceptors (Lipinski definition) is 4. The second-order valence-corrected chi connectivity index (χ2v) is 3.83. The van der Waals surface area contributed by atoms with Gasteiger partial charge in [0, 0.05) is 0 Å². The highest BCUT2D eigenvalue weighted by Crippen LogP contribution is 2.36. The summed E-state index contributed by atoms with van der Waals surface area (Å²) in [4.78, 5) is 0. The molecule has 0 aliphatic heterocycles. The van der Waals surface area contributed by atoms with Crippen molar-refractivity contribution in [1.29, 1.82) is 0 Å². The summed E-state index contributed by atoms with van der Waals surface area (Å²) < 4.78 is 11.3. The molecule has 0 aliphatic carbocycles. The van der Waals surface area contributed by atoms with Crippen LogP contribution in [0.15, 0.2) is 30.4 Å². The minimum absolute atomic E-state index is 0.322. The normalized spacial score (nSPS) is 10.6. The second-order valence-electron chi connectivity index (χ2n) is 2.32. The largest absolute Gasteiger partial charge is 0.457 e. The lowest BCUT2D eigenvalue weighted by Gasteiger charge is -1.90. The Balaban J connectivity index is 2.59. The smallest absolute Gasteiger partial charge is 0.187 e. The van der Waals surface area contributed by atoms with Gasteiger partial charge in [0.05, 0.1) is 11.8 Å². The fraction of sp³-hybridized carbons (Fsp3) is 0. The fourth-order valence-corrected chi connectivity index (χ4v) is 1.69. The van der Waals surface area contributed by atoms with Crippen LogP contribution in [0.25, 0.3) is 11.3 Å². The molecule has 0 aromatic carbocycles. The number of hydrogen-bond donors (Lipinski definition) is 1. The minimum atomic E-state index is 0.322. The molecule has 2 N–H and O–H groups in total.